The molecule has 19 heavy (non-hydrogen) atoms. The summed E-state index contributed by atoms with van der Waals surface area (Å²) in [5.74, 6) is 1.16. The van der Waals surface area contributed by atoms with E-state index in [9.17, 15) is 9.59 Å². The van der Waals surface area contributed by atoms with E-state index in [4.69, 9.17) is 4.74 Å². The van der Waals surface area contributed by atoms with E-state index >= 15 is 0 Å². The molecule has 1 saturated carbocycles. The van der Waals surface area contributed by atoms with Crippen molar-refractivity contribution >= 4 is 11.8 Å². The number of hydrogen-bond donors (Lipinski definition) is 2. The lowest BCUT2D eigenvalue weighted by Crippen LogP contribution is -2.36. The molecule has 0 saturated heterocycles. The molecular formula is C13H19N3O3. The van der Waals surface area contributed by atoms with Crippen molar-refractivity contribution in [1.29, 1.82) is 0 Å². The number of aromatic amines is 1. The van der Waals surface area contributed by atoms with Crippen molar-refractivity contribution < 1.29 is 9.53 Å². The lowest BCUT2D eigenvalue weighted by Gasteiger charge is -2.20. The molecule has 1 fully saturated rings. The van der Waals surface area contributed by atoms with Crippen LogP contribution in [-0.2, 0) is 9.53 Å². The summed E-state index contributed by atoms with van der Waals surface area (Å²) >= 11 is 0. The third-order valence-corrected chi connectivity index (χ3v) is 3.15. The molecule has 0 bridgehead atoms. The van der Waals surface area contributed by atoms with Gasteiger partial charge in [0, 0.05) is 12.0 Å². The van der Waals surface area contributed by atoms with Crippen LogP contribution in [0.3, 0.4) is 0 Å². The molecule has 2 rings (SSSR count). The highest BCUT2D eigenvalue weighted by Crippen LogP contribution is 2.37. The van der Waals surface area contributed by atoms with E-state index in [1.807, 2.05) is 13.8 Å². The highest BCUT2D eigenvalue weighted by Gasteiger charge is 2.28. The highest BCUT2D eigenvalue weighted by atomic mass is 16.5. The molecule has 0 aromatic carbocycles. The minimum absolute atomic E-state index is 0.0397. The summed E-state index contributed by atoms with van der Waals surface area (Å²) in [6, 6.07) is 0.857. The number of carbonyl (C=O) groups excluding carboxylic acids is 1. The molecule has 104 valence electrons. The maximum absolute atomic E-state index is 11.7. The van der Waals surface area contributed by atoms with Crippen molar-refractivity contribution in [2.45, 2.75) is 38.6 Å². The topological polar surface area (TPSA) is 84.1 Å². The van der Waals surface area contributed by atoms with Gasteiger partial charge in [0.1, 0.15) is 17.7 Å². The third-order valence-electron chi connectivity index (χ3n) is 3.15. The van der Waals surface area contributed by atoms with Gasteiger partial charge in [0.25, 0.3) is 5.56 Å². The summed E-state index contributed by atoms with van der Waals surface area (Å²) in [5.41, 5.74) is -0.202. The van der Waals surface area contributed by atoms with Crippen LogP contribution in [0, 0.1) is 5.92 Å². The molecular weight excluding hydrogens is 246 g/mol. The Kier molecular flexibility index (Phi) is 3.87. The smallest absolute Gasteiger partial charge is 0.328 e. The van der Waals surface area contributed by atoms with E-state index in [-0.39, 0.29) is 17.4 Å². The molecule has 1 unspecified atom stereocenters. The van der Waals surface area contributed by atoms with Gasteiger partial charge in [-0.15, -0.1) is 0 Å². The summed E-state index contributed by atoms with van der Waals surface area (Å²) in [6.45, 7) is 3.81. The van der Waals surface area contributed by atoms with E-state index in [1.54, 1.807) is 0 Å². The molecule has 1 aromatic rings. The number of nitrogens with zero attached hydrogens (tertiary/aromatic N) is 1. The zero-order valence-corrected chi connectivity index (χ0v) is 11.4. The van der Waals surface area contributed by atoms with Crippen LogP contribution in [0.4, 0.5) is 5.82 Å². The van der Waals surface area contributed by atoms with E-state index in [0.717, 1.165) is 12.8 Å². The summed E-state index contributed by atoms with van der Waals surface area (Å²) < 4.78 is 4.75. The van der Waals surface area contributed by atoms with Crippen LogP contribution >= 0.6 is 0 Å². The molecule has 0 radical (unpaired) electrons. The fourth-order valence-corrected chi connectivity index (χ4v) is 1.88. The SMILES string of the molecule is COC(=O)C(Nc1cc(=O)[nH]c(C2CC2)n1)C(C)C. The number of methoxy groups -OCH3 is 1. The first-order valence-electron chi connectivity index (χ1n) is 6.47. The maximum Gasteiger partial charge on any atom is 0.328 e. The summed E-state index contributed by atoms with van der Waals surface area (Å²) in [7, 11) is 1.35. The summed E-state index contributed by atoms with van der Waals surface area (Å²) in [6.07, 6.45) is 2.11. The van der Waals surface area contributed by atoms with Gasteiger partial charge in [0.15, 0.2) is 0 Å². The minimum atomic E-state index is -0.508. The normalized spacial score (nSPS) is 16.2. The lowest BCUT2D eigenvalue weighted by molar-refractivity contribution is -0.142. The Balaban J connectivity index is 2.21. The van der Waals surface area contributed by atoms with Crippen molar-refractivity contribution in [1.82, 2.24) is 9.97 Å². The quantitative estimate of drug-likeness (QED) is 0.783. The van der Waals surface area contributed by atoms with Gasteiger partial charge in [-0.25, -0.2) is 9.78 Å². The Morgan fingerprint density at radius 1 is 1.53 bits per heavy atom. The number of ether oxygens (including phenoxy) is 1. The van der Waals surface area contributed by atoms with Crippen molar-refractivity contribution in [3.63, 3.8) is 0 Å². The molecule has 6 heteroatoms. The second-order valence-corrected chi connectivity index (χ2v) is 5.18. The van der Waals surface area contributed by atoms with Crippen LogP contribution in [0.25, 0.3) is 0 Å². The average Bonchev–Trinajstić information content (AvgIpc) is 3.18. The standard InChI is InChI=1S/C13H19N3O3/c1-7(2)11(13(18)19-3)14-9-6-10(17)16-12(15-9)8-4-5-8/h6-8,11H,4-5H2,1-3H3,(H2,14,15,16,17). The number of esters is 1. The van der Waals surface area contributed by atoms with Crippen LogP contribution < -0.4 is 10.9 Å². The van der Waals surface area contributed by atoms with Crippen LogP contribution in [0.5, 0.6) is 0 Å². The molecule has 0 amide bonds. The maximum atomic E-state index is 11.7. The van der Waals surface area contributed by atoms with Crippen molar-refractivity contribution in [2.24, 2.45) is 5.92 Å². The molecule has 1 aliphatic carbocycles. The van der Waals surface area contributed by atoms with Gasteiger partial charge in [-0.05, 0) is 18.8 Å². The molecule has 0 spiro atoms. The predicted molar refractivity (Wildman–Crippen MR) is 71.1 cm³/mol. The van der Waals surface area contributed by atoms with Crippen LogP contribution in [0.2, 0.25) is 0 Å². The number of anilines is 1. The fourth-order valence-electron chi connectivity index (χ4n) is 1.88. The zero-order chi connectivity index (χ0) is 14.0. The monoisotopic (exact) mass is 265 g/mol. The van der Waals surface area contributed by atoms with Gasteiger partial charge >= 0.3 is 5.97 Å². The number of hydrogen-bond acceptors (Lipinski definition) is 5. The largest absolute Gasteiger partial charge is 0.467 e. The van der Waals surface area contributed by atoms with Gasteiger partial charge in [-0.3, -0.25) is 4.79 Å². The number of rotatable bonds is 5. The van der Waals surface area contributed by atoms with E-state index in [1.165, 1.54) is 13.2 Å². The van der Waals surface area contributed by atoms with E-state index in [2.05, 4.69) is 15.3 Å². The molecule has 1 heterocycles. The van der Waals surface area contributed by atoms with Crippen molar-refractivity contribution in [3.8, 4) is 0 Å². The molecule has 2 N–H and O–H groups in total. The second kappa shape index (κ2) is 5.42. The number of nitrogens with one attached hydrogen (secondary N) is 2. The first-order valence-corrected chi connectivity index (χ1v) is 6.47. The number of carbonyl (C=O) groups is 1. The molecule has 1 aliphatic rings. The number of H-pyrrole nitrogens is 1. The van der Waals surface area contributed by atoms with Crippen molar-refractivity contribution in [2.75, 3.05) is 12.4 Å². The first-order chi connectivity index (χ1) is 9.01. The van der Waals surface area contributed by atoms with Crippen LogP contribution in [0.1, 0.15) is 38.4 Å². The van der Waals surface area contributed by atoms with Gasteiger partial charge in [-0.1, -0.05) is 13.8 Å². The summed E-state index contributed by atoms with van der Waals surface area (Å²) in [5, 5.41) is 2.99. The second-order valence-electron chi connectivity index (χ2n) is 5.18. The average molecular weight is 265 g/mol. The summed E-state index contributed by atoms with van der Waals surface area (Å²) in [4.78, 5) is 30.4. The zero-order valence-electron chi connectivity index (χ0n) is 11.4. The highest BCUT2D eigenvalue weighted by molar-refractivity contribution is 5.79. The van der Waals surface area contributed by atoms with Gasteiger partial charge in [-0.2, -0.15) is 0 Å². The van der Waals surface area contributed by atoms with Gasteiger partial charge in [0.2, 0.25) is 0 Å². The Morgan fingerprint density at radius 3 is 2.74 bits per heavy atom. The lowest BCUT2D eigenvalue weighted by atomic mass is 10.0. The Morgan fingerprint density at radius 2 is 2.21 bits per heavy atom. The molecule has 1 atom stereocenters. The van der Waals surface area contributed by atoms with Gasteiger partial charge < -0.3 is 15.0 Å². The van der Waals surface area contributed by atoms with Crippen molar-refractivity contribution in [3.05, 3.63) is 22.2 Å². The first kappa shape index (κ1) is 13.6. The Hall–Kier alpha value is -1.85. The van der Waals surface area contributed by atoms with Crippen LogP contribution in [0.15, 0.2) is 10.9 Å². The van der Waals surface area contributed by atoms with Crippen LogP contribution in [-0.4, -0.2) is 29.1 Å². The van der Waals surface area contributed by atoms with Gasteiger partial charge in [0.05, 0.1) is 7.11 Å². The fraction of sp³-hybridized carbons (Fsp3) is 0.615. The minimum Gasteiger partial charge on any atom is -0.467 e. The third kappa shape index (κ3) is 3.33. The Labute approximate surface area is 111 Å². The van der Waals surface area contributed by atoms with E-state index in [0.29, 0.717) is 17.6 Å². The molecule has 6 nitrogen and oxygen atoms in total. The molecule has 1 aromatic heterocycles. The Bertz CT molecular complexity index is 520. The number of aromatic nitrogens is 2. The molecule has 0 aliphatic heterocycles. The van der Waals surface area contributed by atoms with E-state index < -0.39 is 6.04 Å². The predicted octanol–water partition coefficient (Wildman–Crippen LogP) is 1.26.